The van der Waals surface area contributed by atoms with E-state index in [0.29, 0.717) is 0 Å². The molecule has 8 heavy (non-hydrogen) atoms. The van der Waals surface area contributed by atoms with Crippen LogP contribution in [0, 0.1) is 0 Å². The van der Waals surface area contributed by atoms with E-state index in [2.05, 4.69) is 15.9 Å². The summed E-state index contributed by atoms with van der Waals surface area (Å²) in [6, 6.07) is 0. The molecule has 0 saturated heterocycles. The van der Waals surface area contributed by atoms with Gasteiger partial charge in [-0.25, -0.2) is 0 Å². The molecule has 0 fully saturated rings. The van der Waals surface area contributed by atoms with Gasteiger partial charge in [-0.15, -0.1) is 0 Å². The van der Waals surface area contributed by atoms with E-state index in [4.69, 9.17) is 5.11 Å². The predicted molar refractivity (Wildman–Crippen MR) is 30.6 cm³/mol. The van der Waals surface area contributed by atoms with Crippen LogP contribution in [-0.2, 0) is 37.5 Å². The van der Waals surface area contributed by atoms with Crippen molar-refractivity contribution in [2.24, 2.45) is 0 Å². The molecule has 0 aromatic heterocycles. The molecule has 1 radical (unpaired) electrons. The average Bonchev–Trinajstić information content (AvgIpc) is 1.31. The Balaban J connectivity index is 0. The van der Waals surface area contributed by atoms with Crippen LogP contribution in [-0.4, -0.2) is 15.4 Å². The molecule has 0 aromatic rings. The first-order valence-corrected chi connectivity index (χ1v) is 2.66. The Bertz CT molecular complexity index is 86.5. The van der Waals surface area contributed by atoms with Crippen LogP contribution in [0.25, 0.3) is 0 Å². The molecule has 45 valence electrons. The van der Waals surface area contributed by atoms with Crippen LogP contribution in [0.5, 0.6) is 0 Å². The molecule has 0 aliphatic carbocycles. The molecule has 1 N–H and O–H groups in total. The summed E-state index contributed by atoms with van der Waals surface area (Å²) in [5.74, 6) is -0.840. The van der Waals surface area contributed by atoms with Gasteiger partial charge in [0.25, 0.3) is 0 Å². The van der Waals surface area contributed by atoms with Gasteiger partial charge in [-0.05, 0) is 13.8 Å². The number of aliphatic carboxylic acids is 1. The SMILES string of the molecule is CC(C)(Br)C(=O)O.[Y]. The molecule has 0 rings (SSSR count). The number of halogens is 1. The maximum Gasteiger partial charge on any atom is 0.319 e. The molecule has 0 aliphatic rings. The van der Waals surface area contributed by atoms with Crippen LogP contribution in [0.4, 0.5) is 0 Å². The van der Waals surface area contributed by atoms with Crippen LogP contribution in [0.2, 0.25) is 0 Å². The largest absolute Gasteiger partial charge is 0.480 e. The summed E-state index contributed by atoms with van der Waals surface area (Å²) >= 11 is 2.94. The van der Waals surface area contributed by atoms with Gasteiger partial charge in [0.15, 0.2) is 0 Å². The first kappa shape index (κ1) is 11.8. The fourth-order valence-corrected chi connectivity index (χ4v) is 0. The number of alkyl halides is 1. The van der Waals surface area contributed by atoms with Crippen LogP contribution in [0.15, 0.2) is 0 Å². The van der Waals surface area contributed by atoms with Gasteiger partial charge in [0, 0.05) is 32.7 Å². The van der Waals surface area contributed by atoms with Crippen LogP contribution in [0.3, 0.4) is 0 Å². The molecule has 0 atom stereocenters. The van der Waals surface area contributed by atoms with Gasteiger partial charge in [-0.2, -0.15) is 0 Å². The van der Waals surface area contributed by atoms with E-state index >= 15 is 0 Å². The average molecular weight is 256 g/mol. The third-order valence-corrected chi connectivity index (χ3v) is 0.848. The van der Waals surface area contributed by atoms with E-state index in [0.717, 1.165) is 0 Å². The van der Waals surface area contributed by atoms with Crippen molar-refractivity contribution in [3.63, 3.8) is 0 Å². The Kier molecular flexibility index (Phi) is 5.85. The molecular weight excluding hydrogens is 249 g/mol. The quantitative estimate of drug-likeness (QED) is 0.716. The van der Waals surface area contributed by atoms with Crippen molar-refractivity contribution in [3.8, 4) is 0 Å². The second kappa shape index (κ2) is 3.96. The zero-order valence-electron chi connectivity index (χ0n) is 4.81. The fourth-order valence-electron chi connectivity index (χ4n) is 0. The maximum absolute atomic E-state index is 9.97. The van der Waals surface area contributed by atoms with Crippen LogP contribution in [0.1, 0.15) is 13.8 Å². The minimum atomic E-state index is -0.840. The molecular formula is C4H7BrO2Y. The van der Waals surface area contributed by atoms with E-state index in [9.17, 15) is 4.79 Å². The molecule has 4 heteroatoms. The fraction of sp³-hybridized carbons (Fsp3) is 0.750. The normalized spacial score (nSPS) is 9.88. The summed E-state index contributed by atoms with van der Waals surface area (Å²) in [4.78, 5) is 9.97. The number of hydrogen-bond donors (Lipinski definition) is 1. The summed E-state index contributed by atoms with van der Waals surface area (Å²) in [5.41, 5.74) is 0. The number of rotatable bonds is 1. The van der Waals surface area contributed by atoms with Crippen molar-refractivity contribution in [2.75, 3.05) is 0 Å². The monoisotopic (exact) mass is 255 g/mol. The van der Waals surface area contributed by atoms with Crippen LogP contribution >= 0.6 is 15.9 Å². The van der Waals surface area contributed by atoms with Gasteiger partial charge in [-0.3, -0.25) is 4.79 Å². The summed E-state index contributed by atoms with van der Waals surface area (Å²) in [6.45, 7) is 3.16. The summed E-state index contributed by atoms with van der Waals surface area (Å²) in [5, 5.41) is 8.20. The van der Waals surface area contributed by atoms with Crippen molar-refractivity contribution >= 4 is 21.9 Å². The van der Waals surface area contributed by atoms with Gasteiger partial charge in [0.2, 0.25) is 0 Å². The molecule has 0 amide bonds. The molecule has 0 saturated carbocycles. The van der Waals surface area contributed by atoms with Crippen molar-refractivity contribution < 1.29 is 42.6 Å². The summed E-state index contributed by atoms with van der Waals surface area (Å²) < 4.78 is -0.771. The van der Waals surface area contributed by atoms with Gasteiger partial charge in [0.05, 0.1) is 0 Å². The summed E-state index contributed by atoms with van der Waals surface area (Å²) in [7, 11) is 0. The molecule has 0 spiro atoms. The number of carboxylic acid groups (broad SMARTS) is 1. The van der Waals surface area contributed by atoms with Crippen molar-refractivity contribution in [3.05, 3.63) is 0 Å². The molecule has 2 nitrogen and oxygen atoms in total. The predicted octanol–water partition coefficient (Wildman–Crippen LogP) is 1.24. The van der Waals surface area contributed by atoms with Gasteiger partial charge in [0.1, 0.15) is 4.32 Å². The number of carbonyl (C=O) groups is 1. The summed E-state index contributed by atoms with van der Waals surface area (Å²) in [6.07, 6.45) is 0. The molecule has 0 aliphatic heterocycles. The first-order chi connectivity index (χ1) is 2.94. The van der Waals surface area contributed by atoms with Gasteiger partial charge >= 0.3 is 5.97 Å². The smallest absolute Gasteiger partial charge is 0.319 e. The minimum absolute atomic E-state index is 0. The topological polar surface area (TPSA) is 37.3 Å². The van der Waals surface area contributed by atoms with Gasteiger partial charge < -0.3 is 5.11 Å². The van der Waals surface area contributed by atoms with Crippen LogP contribution < -0.4 is 0 Å². The Morgan fingerprint density at radius 1 is 1.62 bits per heavy atom. The third kappa shape index (κ3) is 5.20. The molecule has 0 heterocycles. The minimum Gasteiger partial charge on any atom is -0.480 e. The van der Waals surface area contributed by atoms with E-state index in [-0.39, 0.29) is 32.7 Å². The Labute approximate surface area is 82.0 Å². The number of hydrogen-bond acceptors (Lipinski definition) is 1. The van der Waals surface area contributed by atoms with Crippen molar-refractivity contribution in [1.82, 2.24) is 0 Å². The third-order valence-electron chi connectivity index (χ3n) is 0.509. The Morgan fingerprint density at radius 2 is 1.75 bits per heavy atom. The van der Waals surface area contributed by atoms with Crippen molar-refractivity contribution in [2.45, 2.75) is 18.2 Å². The maximum atomic E-state index is 9.97. The zero-order chi connectivity index (χ0) is 6.08. The van der Waals surface area contributed by atoms with E-state index in [1.165, 1.54) is 0 Å². The molecule has 0 unspecified atom stereocenters. The standard InChI is InChI=1S/C4H7BrO2.Y/c1-4(2,5)3(6)7;/h1-2H3,(H,6,7);. The van der Waals surface area contributed by atoms with E-state index in [1.54, 1.807) is 13.8 Å². The molecule has 0 bridgehead atoms. The first-order valence-electron chi connectivity index (χ1n) is 1.87. The number of carboxylic acids is 1. The van der Waals surface area contributed by atoms with Crippen molar-refractivity contribution in [1.29, 1.82) is 0 Å². The second-order valence-corrected chi connectivity index (χ2v) is 3.76. The second-order valence-electron chi connectivity index (χ2n) is 1.78. The van der Waals surface area contributed by atoms with E-state index in [1.807, 2.05) is 0 Å². The Hall–Kier alpha value is 1.05. The van der Waals surface area contributed by atoms with E-state index < -0.39 is 10.3 Å². The Morgan fingerprint density at radius 3 is 1.75 bits per heavy atom. The van der Waals surface area contributed by atoms with Gasteiger partial charge in [-0.1, -0.05) is 15.9 Å². The molecule has 0 aromatic carbocycles. The zero-order valence-corrected chi connectivity index (χ0v) is 9.24.